The number of carbonyl (C=O) groups is 2. The lowest BCUT2D eigenvalue weighted by Crippen LogP contribution is -3.15. The lowest BCUT2D eigenvalue weighted by atomic mass is 10.1. The smallest absolute Gasteiger partial charge is 0.279 e. The lowest BCUT2D eigenvalue weighted by molar-refractivity contribution is -0.892. The fourth-order valence-electron chi connectivity index (χ4n) is 3.12. The number of carbonyl (C=O) groups excluding carboxylic acids is 2. The molecule has 0 spiro atoms. The molecule has 1 amide bonds. The number of anilines is 2. The zero-order valence-corrected chi connectivity index (χ0v) is 14.5. The molecular weight excluding hydrogens is 314 g/mol. The monoisotopic (exact) mass is 338 g/mol. The first kappa shape index (κ1) is 17.2. The molecule has 0 saturated carbocycles. The van der Waals surface area contributed by atoms with Crippen LogP contribution in [0.1, 0.15) is 17.3 Å². The van der Waals surface area contributed by atoms with Gasteiger partial charge in [0.25, 0.3) is 5.91 Å². The van der Waals surface area contributed by atoms with Crippen LogP contribution in [0.25, 0.3) is 0 Å². The molecule has 5 nitrogen and oxygen atoms in total. The van der Waals surface area contributed by atoms with E-state index in [1.165, 1.54) is 17.5 Å². The van der Waals surface area contributed by atoms with Crippen molar-refractivity contribution in [2.75, 3.05) is 42.9 Å². The Morgan fingerprint density at radius 1 is 1.00 bits per heavy atom. The van der Waals surface area contributed by atoms with Crippen LogP contribution < -0.4 is 15.1 Å². The number of nitrogens with one attached hydrogen (secondary N) is 2. The summed E-state index contributed by atoms with van der Waals surface area (Å²) < 4.78 is 0. The maximum atomic E-state index is 12.2. The van der Waals surface area contributed by atoms with E-state index < -0.39 is 0 Å². The normalized spacial score (nSPS) is 15.0. The van der Waals surface area contributed by atoms with Gasteiger partial charge in [-0.1, -0.05) is 18.2 Å². The molecule has 0 atom stereocenters. The second-order valence-electron chi connectivity index (χ2n) is 6.43. The van der Waals surface area contributed by atoms with E-state index in [0.717, 1.165) is 31.9 Å². The van der Waals surface area contributed by atoms with Gasteiger partial charge in [0.15, 0.2) is 12.3 Å². The Bertz CT molecular complexity index is 720. The topological polar surface area (TPSA) is 53.9 Å². The van der Waals surface area contributed by atoms with E-state index in [2.05, 4.69) is 34.5 Å². The zero-order valence-electron chi connectivity index (χ0n) is 14.5. The van der Waals surface area contributed by atoms with Crippen molar-refractivity contribution in [2.45, 2.75) is 6.92 Å². The molecule has 2 aromatic carbocycles. The number of ketones is 1. The van der Waals surface area contributed by atoms with Crippen LogP contribution in [-0.2, 0) is 4.79 Å². The van der Waals surface area contributed by atoms with Gasteiger partial charge in [-0.3, -0.25) is 9.59 Å². The standard InChI is InChI=1S/C20H23N3O2/c1-16(24)17-7-9-18(10-8-17)21-20(25)15-22-11-13-23(14-12-22)19-5-3-2-4-6-19/h2-10H,11-15H2,1H3,(H,21,25)/p+1. The fourth-order valence-corrected chi connectivity index (χ4v) is 3.12. The number of nitrogens with zero attached hydrogens (tertiary/aromatic N) is 1. The van der Waals surface area contributed by atoms with Gasteiger partial charge >= 0.3 is 0 Å². The van der Waals surface area contributed by atoms with E-state index in [4.69, 9.17) is 0 Å². The molecule has 2 N–H and O–H groups in total. The van der Waals surface area contributed by atoms with Gasteiger partial charge in [0, 0.05) is 16.9 Å². The third-order valence-corrected chi connectivity index (χ3v) is 4.58. The number of para-hydroxylation sites is 1. The molecule has 0 radical (unpaired) electrons. The van der Waals surface area contributed by atoms with Gasteiger partial charge in [-0.15, -0.1) is 0 Å². The Hall–Kier alpha value is -2.66. The van der Waals surface area contributed by atoms with Gasteiger partial charge < -0.3 is 15.1 Å². The van der Waals surface area contributed by atoms with Gasteiger partial charge in [0.05, 0.1) is 26.2 Å². The van der Waals surface area contributed by atoms with Crippen LogP contribution >= 0.6 is 0 Å². The Balaban J connectivity index is 1.47. The first-order chi connectivity index (χ1) is 12.1. The molecule has 0 bridgehead atoms. The number of rotatable bonds is 5. The minimum absolute atomic E-state index is 0.0127. The van der Waals surface area contributed by atoms with Crippen molar-refractivity contribution in [2.24, 2.45) is 0 Å². The van der Waals surface area contributed by atoms with Crippen LogP contribution in [0.5, 0.6) is 0 Å². The van der Waals surface area contributed by atoms with Crippen LogP contribution in [0.15, 0.2) is 54.6 Å². The molecule has 1 aliphatic heterocycles. The highest BCUT2D eigenvalue weighted by Gasteiger charge is 2.22. The highest BCUT2D eigenvalue weighted by Crippen LogP contribution is 2.12. The molecule has 5 heteroatoms. The number of hydrogen-bond acceptors (Lipinski definition) is 3. The predicted molar refractivity (Wildman–Crippen MR) is 99.3 cm³/mol. The summed E-state index contributed by atoms with van der Waals surface area (Å²) in [7, 11) is 0. The molecule has 1 heterocycles. The fraction of sp³-hybridized carbons (Fsp3) is 0.300. The first-order valence-corrected chi connectivity index (χ1v) is 8.66. The van der Waals surface area contributed by atoms with Crippen LogP contribution in [-0.4, -0.2) is 44.4 Å². The summed E-state index contributed by atoms with van der Waals surface area (Å²) in [6.07, 6.45) is 0. The lowest BCUT2D eigenvalue weighted by Gasteiger charge is -2.33. The molecule has 1 aliphatic rings. The number of quaternary nitrogens is 1. The molecule has 0 aromatic heterocycles. The minimum Gasteiger partial charge on any atom is -0.360 e. The van der Waals surface area contributed by atoms with Gasteiger partial charge in [0.2, 0.25) is 0 Å². The van der Waals surface area contributed by atoms with E-state index in [9.17, 15) is 9.59 Å². The summed E-state index contributed by atoms with van der Waals surface area (Å²) in [6, 6.07) is 17.4. The molecule has 0 unspecified atom stereocenters. The van der Waals surface area contributed by atoms with Crippen molar-refractivity contribution in [3.05, 3.63) is 60.2 Å². The van der Waals surface area contributed by atoms with Gasteiger partial charge in [-0.2, -0.15) is 0 Å². The maximum Gasteiger partial charge on any atom is 0.279 e. The van der Waals surface area contributed by atoms with E-state index in [0.29, 0.717) is 12.1 Å². The van der Waals surface area contributed by atoms with E-state index in [1.54, 1.807) is 24.3 Å². The van der Waals surface area contributed by atoms with Crippen LogP contribution in [0.3, 0.4) is 0 Å². The van der Waals surface area contributed by atoms with Crippen LogP contribution in [0.2, 0.25) is 0 Å². The quantitative estimate of drug-likeness (QED) is 0.807. The van der Waals surface area contributed by atoms with Crippen molar-refractivity contribution < 1.29 is 14.5 Å². The van der Waals surface area contributed by atoms with Crippen molar-refractivity contribution in [1.29, 1.82) is 0 Å². The van der Waals surface area contributed by atoms with Crippen LogP contribution in [0, 0.1) is 0 Å². The van der Waals surface area contributed by atoms with Crippen LogP contribution in [0.4, 0.5) is 11.4 Å². The molecule has 130 valence electrons. The molecule has 1 fully saturated rings. The molecular formula is C20H24N3O2+. The van der Waals surface area contributed by atoms with Crippen molar-refractivity contribution in [3.8, 4) is 0 Å². The SMILES string of the molecule is CC(=O)c1ccc(NC(=O)C[NH+]2CCN(c3ccccc3)CC2)cc1. The minimum atomic E-state index is 0.0127. The predicted octanol–water partition coefficient (Wildman–Crippen LogP) is 1.23. The summed E-state index contributed by atoms with van der Waals surface area (Å²) in [4.78, 5) is 27.2. The molecule has 3 rings (SSSR count). The second kappa shape index (κ2) is 7.94. The molecule has 1 saturated heterocycles. The Morgan fingerprint density at radius 3 is 2.24 bits per heavy atom. The van der Waals surface area contributed by atoms with Crippen molar-refractivity contribution in [3.63, 3.8) is 0 Å². The highest BCUT2D eigenvalue weighted by molar-refractivity contribution is 5.95. The number of Topliss-reactive ketones (excluding diaryl/α,β-unsaturated/α-hetero) is 1. The van der Waals surface area contributed by atoms with E-state index in [1.807, 2.05) is 6.07 Å². The first-order valence-electron chi connectivity index (χ1n) is 8.66. The largest absolute Gasteiger partial charge is 0.360 e. The Labute approximate surface area is 148 Å². The average Bonchev–Trinajstić information content (AvgIpc) is 2.63. The number of hydrogen-bond donors (Lipinski definition) is 2. The third kappa shape index (κ3) is 4.67. The maximum absolute atomic E-state index is 12.2. The number of amides is 1. The molecule has 2 aromatic rings. The van der Waals surface area contributed by atoms with Gasteiger partial charge in [-0.25, -0.2) is 0 Å². The average molecular weight is 338 g/mol. The van der Waals surface area contributed by atoms with E-state index in [-0.39, 0.29) is 11.7 Å². The van der Waals surface area contributed by atoms with Crippen molar-refractivity contribution >= 4 is 23.1 Å². The molecule has 0 aliphatic carbocycles. The third-order valence-electron chi connectivity index (χ3n) is 4.58. The molecule has 25 heavy (non-hydrogen) atoms. The summed E-state index contributed by atoms with van der Waals surface area (Å²) in [5, 5.41) is 2.91. The number of benzene rings is 2. The summed E-state index contributed by atoms with van der Waals surface area (Å²) in [5.41, 5.74) is 2.63. The number of piperazine rings is 1. The zero-order chi connectivity index (χ0) is 17.6. The summed E-state index contributed by atoms with van der Waals surface area (Å²) in [6.45, 7) is 5.82. The van der Waals surface area contributed by atoms with Gasteiger partial charge in [-0.05, 0) is 43.3 Å². The Morgan fingerprint density at radius 2 is 1.64 bits per heavy atom. The van der Waals surface area contributed by atoms with E-state index >= 15 is 0 Å². The second-order valence-corrected chi connectivity index (χ2v) is 6.43. The van der Waals surface area contributed by atoms with Crippen molar-refractivity contribution in [1.82, 2.24) is 0 Å². The van der Waals surface area contributed by atoms with Gasteiger partial charge in [0.1, 0.15) is 0 Å². The summed E-state index contributed by atoms with van der Waals surface area (Å²) in [5.74, 6) is 0.0392. The highest BCUT2D eigenvalue weighted by atomic mass is 16.2. The Kier molecular flexibility index (Phi) is 5.46. The summed E-state index contributed by atoms with van der Waals surface area (Å²) >= 11 is 0.